The number of hydrogen-bond donors (Lipinski definition) is 2. The molecular formula is C15H13ClN2O4S. The van der Waals surface area contributed by atoms with Crippen LogP contribution in [-0.2, 0) is 16.1 Å². The molecule has 0 saturated carbocycles. The average Bonchev–Trinajstić information content (AvgIpc) is 2.98. The van der Waals surface area contributed by atoms with Crippen LogP contribution in [-0.4, -0.2) is 24.5 Å². The fourth-order valence-electron chi connectivity index (χ4n) is 1.61. The molecule has 0 saturated heterocycles. The zero-order valence-corrected chi connectivity index (χ0v) is 13.4. The topological polar surface area (TPSA) is 84.5 Å². The van der Waals surface area contributed by atoms with Crippen molar-refractivity contribution in [1.82, 2.24) is 10.6 Å². The summed E-state index contributed by atoms with van der Waals surface area (Å²) in [5.41, 5.74) is 0.899. The van der Waals surface area contributed by atoms with E-state index in [-0.39, 0.29) is 11.4 Å². The van der Waals surface area contributed by atoms with Crippen LogP contribution in [0, 0.1) is 0 Å². The van der Waals surface area contributed by atoms with E-state index in [0.717, 1.165) is 16.9 Å². The lowest BCUT2D eigenvalue weighted by molar-refractivity contribution is -0.123. The zero-order chi connectivity index (χ0) is 16.7. The zero-order valence-electron chi connectivity index (χ0n) is 11.9. The van der Waals surface area contributed by atoms with E-state index < -0.39 is 24.5 Å². The van der Waals surface area contributed by atoms with Gasteiger partial charge in [-0.05, 0) is 17.7 Å². The quantitative estimate of drug-likeness (QED) is 0.810. The van der Waals surface area contributed by atoms with Crippen LogP contribution in [0.2, 0.25) is 4.34 Å². The second kappa shape index (κ2) is 8.30. The fourth-order valence-corrected chi connectivity index (χ4v) is 2.55. The van der Waals surface area contributed by atoms with Crippen molar-refractivity contribution in [2.45, 2.75) is 6.54 Å². The molecule has 1 heterocycles. The van der Waals surface area contributed by atoms with Gasteiger partial charge in [0.2, 0.25) is 0 Å². The van der Waals surface area contributed by atoms with Crippen LogP contribution in [0.25, 0.3) is 0 Å². The van der Waals surface area contributed by atoms with Crippen molar-refractivity contribution in [2.75, 3.05) is 6.61 Å². The first-order valence-corrected chi connectivity index (χ1v) is 7.78. The van der Waals surface area contributed by atoms with Crippen LogP contribution in [0.15, 0.2) is 42.5 Å². The summed E-state index contributed by atoms with van der Waals surface area (Å²) in [6.45, 7) is -0.263. The van der Waals surface area contributed by atoms with E-state index in [1.807, 2.05) is 30.3 Å². The molecule has 0 spiro atoms. The summed E-state index contributed by atoms with van der Waals surface area (Å²) < 4.78 is 5.23. The number of carbonyl (C=O) groups excluding carboxylic acids is 3. The summed E-state index contributed by atoms with van der Waals surface area (Å²) in [6.07, 6.45) is 0. The van der Waals surface area contributed by atoms with Crippen LogP contribution in [0.3, 0.4) is 0 Å². The van der Waals surface area contributed by atoms with Crippen LogP contribution in [0.1, 0.15) is 15.2 Å². The predicted octanol–water partition coefficient (Wildman–Crippen LogP) is 2.58. The molecule has 2 aromatic rings. The Labute approximate surface area is 141 Å². The molecule has 8 heteroatoms. The number of hydrogen-bond acceptors (Lipinski definition) is 5. The van der Waals surface area contributed by atoms with E-state index in [1.54, 1.807) is 6.07 Å². The van der Waals surface area contributed by atoms with Crippen molar-refractivity contribution in [2.24, 2.45) is 0 Å². The molecular weight excluding hydrogens is 340 g/mol. The maximum atomic E-state index is 11.6. The molecule has 0 aliphatic carbocycles. The van der Waals surface area contributed by atoms with Crippen LogP contribution in [0.5, 0.6) is 0 Å². The van der Waals surface area contributed by atoms with Gasteiger partial charge in [0, 0.05) is 6.54 Å². The third kappa shape index (κ3) is 5.72. The molecule has 0 radical (unpaired) electrons. The molecule has 0 fully saturated rings. The highest BCUT2D eigenvalue weighted by atomic mass is 35.5. The minimum atomic E-state index is -0.716. The Balaban J connectivity index is 1.69. The minimum Gasteiger partial charge on any atom is -0.451 e. The monoisotopic (exact) mass is 352 g/mol. The molecule has 0 aliphatic rings. The summed E-state index contributed by atoms with van der Waals surface area (Å²) >= 11 is 6.75. The van der Waals surface area contributed by atoms with E-state index in [9.17, 15) is 14.4 Å². The summed E-state index contributed by atoms with van der Waals surface area (Å²) in [5.74, 6) is -1.38. The molecule has 2 N–H and O–H groups in total. The van der Waals surface area contributed by atoms with Crippen molar-refractivity contribution < 1.29 is 19.1 Å². The molecule has 0 atom stereocenters. The summed E-state index contributed by atoms with van der Waals surface area (Å²) in [4.78, 5) is 35.0. The Bertz CT molecular complexity index is 703. The first-order valence-electron chi connectivity index (χ1n) is 6.58. The molecule has 6 nitrogen and oxygen atoms in total. The Kier molecular flexibility index (Phi) is 6.13. The number of benzene rings is 1. The number of carbonyl (C=O) groups is 3. The third-order valence-electron chi connectivity index (χ3n) is 2.66. The lowest BCUT2D eigenvalue weighted by Gasteiger charge is -2.07. The molecule has 0 unspecified atom stereocenters. The standard InChI is InChI=1S/C15H13ClN2O4S/c16-12-7-6-11(23-12)14(20)22-9-13(19)18-15(21)17-8-10-4-2-1-3-5-10/h1-7H,8-9H2,(H2,17,18,19,21). The highest BCUT2D eigenvalue weighted by molar-refractivity contribution is 7.17. The van der Waals surface area contributed by atoms with Gasteiger partial charge in [0.15, 0.2) is 6.61 Å². The van der Waals surface area contributed by atoms with Gasteiger partial charge in [0.05, 0.1) is 4.34 Å². The number of nitrogens with one attached hydrogen (secondary N) is 2. The number of ether oxygens (including phenoxy) is 1. The highest BCUT2D eigenvalue weighted by Gasteiger charge is 2.14. The molecule has 1 aromatic heterocycles. The Hall–Kier alpha value is -2.38. The maximum absolute atomic E-state index is 11.6. The smallest absolute Gasteiger partial charge is 0.348 e. The van der Waals surface area contributed by atoms with Crippen molar-refractivity contribution in [3.05, 3.63) is 57.2 Å². The fraction of sp³-hybridized carbons (Fsp3) is 0.133. The SMILES string of the molecule is O=C(COC(=O)c1ccc(Cl)s1)NC(=O)NCc1ccccc1. The predicted molar refractivity (Wildman–Crippen MR) is 86.4 cm³/mol. The van der Waals surface area contributed by atoms with Gasteiger partial charge >= 0.3 is 12.0 Å². The van der Waals surface area contributed by atoms with Crippen LogP contribution < -0.4 is 10.6 Å². The van der Waals surface area contributed by atoms with Gasteiger partial charge in [-0.2, -0.15) is 0 Å². The van der Waals surface area contributed by atoms with Gasteiger partial charge in [0.25, 0.3) is 5.91 Å². The van der Waals surface area contributed by atoms with Gasteiger partial charge < -0.3 is 10.1 Å². The number of imide groups is 1. The normalized spacial score (nSPS) is 9.96. The molecule has 0 aliphatic heterocycles. The van der Waals surface area contributed by atoms with E-state index in [2.05, 4.69) is 10.6 Å². The van der Waals surface area contributed by atoms with Crippen molar-refractivity contribution in [1.29, 1.82) is 0 Å². The molecule has 23 heavy (non-hydrogen) atoms. The number of urea groups is 1. The highest BCUT2D eigenvalue weighted by Crippen LogP contribution is 2.21. The molecule has 2 rings (SSSR count). The van der Waals surface area contributed by atoms with Crippen LogP contribution in [0.4, 0.5) is 4.79 Å². The van der Waals surface area contributed by atoms with Gasteiger partial charge in [0.1, 0.15) is 4.88 Å². The van der Waals surface area contributed by atoms with E-state index in [1.165, 1.54) is 6.07 Å². The molecule has 1 aromatic carbocycles. The van der Waals surface area contributed by atoms with Crippen LogP contribution >= 0.6 is 22.9 Å². The van der Waals surface area contributed by atoms with Gasteiger partial charge in [-0.1, -0.05) is 41.9 Å². The van der Waals surface area contributed by atoms with Gasteiger partial charge in [-0.25, -0.2) is 9.59 Å². The number of rotatable bonds is 5. The first kappa shape index (κ1) is 17.0. The number of amides is 3. The Morgan fingerprint density at radius 2 is 1.83 bits per heavy atom. The lowest BCUT2D eigenvalue weighted by atomic mass is 10.2. The Morgan fingerprint density at radius 3 is 2.48 bits per heavy atom. The van der Waals surface area contributed by atoms with E-state index in [0.29, 0.717) is 4.34 Å². The minimum absolute atomic E-state index is 0.285. The Morgan fingerprint density at radius 1 is 1.09 bits per heavy atom. The average molecular weight is 353 g/mol. The number of esters is 1. The van der Waals surface area contributed by atoms with Gasteiger partial charge in [-0.15, -0.1) is 11.3 Å². The molecule has 120 valence electrons. The van der Waals surface area contributed by atoms with Gasteiger partial charge in [-0.3, -0.25) is 10.1 Å². The molecule has 3 amide bonds. The third-order valence-corrected chi connectivity index (χ3v) is 3.87. The number of thiophene rings is 1. The van der Waals surface area contributed by atoms with E-state index in [4.69, 9.17) is 16.3 Å². The summed E-state index contributed by atoms with van der Waals surface area (Å²) in [6, 6.07) is 11.6. The second-order valence-corrected chi connectivity index (χ2v) is 6.11. The van der Waals surface area contributed by atoms with Crippen molar-refractivity contribution in [3.8, 4) is 0 Å². The first-order chi connectivity index (χ1) is 11.0. The van der Waals surface area contributed by atoms with Crippen molar-refractivity contribution >= 4 is 40.8 Å². The summed E-state index contributed by atoms with van der Waals surface area (Å²) in [5, 5.41) is 4.60. The second-order valence-electron chi connectivity index (χ2n) is 4.40. The van der Waals surface area contributed by atoms with E-state index >= 15 is 0 Å². The molecule has 0 bridgehead atoms. The van der Waals surface area contributed by atoms with Crippen molar-refractivity contribution in [3.63, 3.8) is 0 Å². The number of halogens is 1. The largest absolute Gasteiger partial charge is 0.451 e. The maximum Gasteiger partial charge on any atom is 0.348 e. The summed E-state index contributed by atoms with van der Waals surface area (Å²) in [7, 11) is 0. The lowest BCUT2D eigenvalue weighted by Crippen LogP contribution is -2.41.